The molecule has 1 rings (SSSR count). The molecule has 1 amide bonds. The number of hydrogen-bond donors (Lipinski definition) is 2. The first kappa shape index (κ1) is 16.0. The maximum atomic E-state index is 11.5. The van der Waals surface area contributed by atoms with Crippen LogP contribution in [0.15, 0.2) is 24.3 Å². The number of carbonyl (C=O) groups excluding carboxylic acids is 1. The predicted octanol–water partition coefficient (Wildman–Crippen LogP) is 1.03. The highest BCUT2D eigenvalue weighted by atomic mass is 16.6. The molecule has 0 radical (unpaired) electrons. The van der Waals surface area contributed by atoms with Crippen LogP contribution in [0, 0.1) is 11.8 Å². The summed E-state index contributed by atoms with van der Waals surface area (Å²) in [5, 5.41) is 0. The van der Waals surface area contributed by atoms with Gasteiger partial charge >= 0.3 is 0 Å². The fraction of sp³-hybridized carbons (Fsp3) is 0.400. The van der Waals surface area contributed by atoms with Crippen LogP contribution in [0.3, 0.4) is 0 Å². The SMILES string of the molecule is CC#CCOc1ccc(C[C@H](N)C(=O)NOCC)cc1. The third-order valence-corrected chi connectivity index (χ3v) is 2.52. The molecule has 0 spiro atoms. The molecular formula is C15H20N2O3. The van der Waals surface area contributed by atoms with Crippen LogP contribution in [0.1, 0.15) is 19.4 Å². The van der Waals surface area contributed by atoms with Crippen LogP contribution in [0.4, 0.5) is 0 Å². The highest BCUT2D eigenvalue weighted by Gasteiger charge is 2.13. The Hall–Kier alpha value is -2.03. The average Bonchev–Trinajstić information content (AvgIpc) is 2.46. The zero-order valence-electron chi connectivity index (χ0n) is 11.8. The monoisotopic (exact) mass is 276 g/mol. The molecule has 0 heterocycles. The predicted molar refractivity (Wildman–Crippen MR) is 76.8 cm³/mol. The molecule has 5 nitrogen and oxygen atoms in total. The minimum atomic E-state index is -0.640. The normalized spacial score (nSPS) is 11.2. The highest BCUT2D eigenvalue weighted by Crippen LogP contribution is 2.13. The number of benzene rings is 1. The van der Waals surface area contributed by atoms with Crippen molar-refractivity contribution in [2.75, 3.05) is 13.2 Å². The van der Waals surface area contributed by atoms with E-state index in [1.165, 1.54) is 0 Å². The van der Waals surface area contributed by atoms with Crippen LogP contribution in [-0.2, 0) is 16.1 Å². The van der Waals surface area contributed by atoms with E-state index in [4.69, 9.17) is 15.3 Å². The van der Waals surface area contributed by atoms with E-state index in [-0.39, 0.29) is 5.91 Å². The summed E-state index contributed by atoms with van der Waals surface area (Å²) in [4.78, 5) is 16.4. The Morgan fingerprint density at radius 3 is 2.70 bits per heavy atom. The minimum absolute atomic E-state index is 0.328. The Morgan fingerprint density at radius 1 is 1.40 bits per heavy atom. The number of rotatable bonds is 7. The molecule has 0 fully saturated rings. The number of nitrogens with one attached hydrogen (secondary N) is 1. The zero-order chi connectivity index (χ0) is 14.8. The van der Waals surface area contributed by atoms with Crippen molar-refractivity contribution >= 4 is 5.91 Å². The van der Waals surface area contributed by atoms with Crippen LogP contribution in [0.5, 0.6) is 5.75 Å². The fourth-order valence-electron chi connectivity index (χ4n) is 1.48. The number of hydroxylamine groups is 1. The van der Waals surface area contributed by atoms with Crippen molar-refractivity contribution in [3.05, 3.63) is 29.8 Å². The minimum Gasteiger partial charge on any atom is -0.481 e. The van der Waals surface area contributed by atoms with Crippen LogP contribution >= 0.6 is 0 Å². The topological polar surface area (TPSA) is 73.6 Å². The largest absolute Gasteiger partial charge is 0.481 e. The average molecular weight is 276 g/mol. The van der Waals surface area contributed by atoms with Gasteiger partial charge in [-0.1, -0.05) is 18.1 Å². The summed E-state index contributed by atoms with van der Waals surface area (Å²) in [5.74, 6) is 5.99. The lowest BCUT2D eigenvalue weighted by Gasteiger charge is -2.12. The van der Waals surface area contributed by atoms with Gasteiger partial charge in [0.15, 0.2) is 0 Å². The van der Waals surface area contributed by atoms with Gasteiger partial charge in [0.1, 0.15) is 12.4 Å². The van der Waals surface area contributed by atoms with Crippen molar-refractivity contribution in [2.45, 2.75) is 26.3 Å². The van der Waals surface area contributed by atoms with Crippen molar-refractivity contribution in [1.82, 2.24) is 5.48 Å². The number of nitrogens with two attached hydrogens (primary N) is 1. The van der Waals surface area contributed by atoms with E-state index in [9.17, 15) is 4.79 Å². The van der Waals surface area contributed by atoms with Gasteiger partial charge in [-0.25, -0.2) is 5.48 Å². The highest BCUT2D eigenvalue weighted by molar-refractivity contribution is 5.80. The van der Waals surface area contributed by atoms with Gasteiger partial charge in [0, 0.05) is 0 Å². The standard InChI is InChI=1S/C15H20N2O3/c1-3-5-10-19-13-8-6-12(7-9-13)11-14(16)15(18)17-20-4-2/h6-9,14H,4,10-11,16H2,1-2H3,(H,17,18)/t14-/m0/s1. The van der Waals surface area contributed by atoms with E-state index in [1.807, 2.05) is 24.3 Å². The molecule has 1 atom stereocenters. The fourth-order valence-corrected chi connectivity index (χ4v) is 1.48. The van der Waals surface area contributed by atoms with E-state index >= 15 is 0 Å². The van der Waals surface area contributed by atoms with Crippen LogP contribution in [0.2, 0.25) is 0 Å². The number of amides is 1. The van der Waals surface area contributed by atoms with E-state index in [0.29, 0.717) is 19.6 Å². The Kier molecular flexibility index (Phi) is 7.18. The quantitative estimate of drug-likeness (QED) is 0.576. The van der Waals surface area contributed by atoms with E-state index in [0.717, 1.165) is 11.3 Å². The lowest BCUT2D eigenvalue weighted by atomic mass is 10.1. The molecule has 1 aromatic carbocycles. The van der Waals surface area contributed by atoms with Crippen molar-refractivity contribution in [3.8, 4) is 17.6 Å². The molecule has 5 heteroatoms. The van der Waals surface area contributed by atoms with E-state index < -0.39 is 6.04 Å². The molecule has 0 saturated heterocycles. The van der Waals surface area contributed by atoms with Gasteiger partial charge in [-0.15, -0.1) is 5.92 Å². The summed E-state index contributed by atoms with van der Waals surface area (Å²) >= 11 is 0. The molecular weight excluding hydrogens is 256 g/mol. The smallest absolute Gasteiger partial charge is 0.260 e. The molecule has 1 aromatic rings. The van der Waals surface area contributed by atoms with E-state index in [2.05, 4.69) is 17.3 Å². The summed E-state index contributed by atoms with van der Waals surface area (Å²) in [6.07, 6.45) is 0.438. The first-order valence-electron chi connectivity index (χ1n) is 6.46. The maximum absolute atomic E-state index is 11.5. The van der Waals surface area contributed by atoms with Crippen LogP contribution < -0.4 is 16.0 Å². The third-order valence-electron chi connectivity index (χ3n) is 2.52. The van der Waals surface area contributed by atoms with Crippen molar-refractivity contribution in [2.24, 2.45) is 5.73 Å². The van der Waals surface area contributed by atoms with Gasteiger partial charge in [-0.05, 0) is 38.0 Å². The summed E-state index contributed by atoms with van der Waals surface area (Å²) in [6, 6.07) is 6.78. The third kappa shape index (κ3) is 5.74. The maximum Gasteiger partial charge on any atom is 0.260 e. The lowest BCUT2D eigenvalue weighted by molar-refractivity contribution is -0.134. The Labute approximate surface area is 119 Å². The summed E-state index contributed by atoms with van der Waals surface area (Å²) in [5.41, 5.74) is 9.04. The van der Waals surface area contributed by atoms with Crippen molar-refractivity contribution < 1.29 is 14.4 Å². The Morgan fingerprint density at radius 2 is 2.10 bits per heavy atom. The number of carbonyl (C=O) groups is 1. The molecule has 3 N–H and O–H groups in total. The first-order chi connectivity index (χ1) is 9.67. The van der Waals surface area contributed by atoms with Gasteiger partial charge in [0.2, 0.25) is 0 Å². The number of ether oxygens (including phenoxy) is 1. The van der Waals surface area contributed by atoms with Gasteiger partial charge < -0.3 is 10.5 Å². The van der Waals surface area contributed by atoms with Gasteiger partial charge in [-0.2, -0.15) is 0 Å². The summed E-state index contributed by atoms with van der Waals surface area (Å²) < 4.78 is 5.40. The first-order valence-corrected chi connectivity index (χ1v) is 6.46. The second kappa shape index (κ2) is 8.97. The molecule has 0 saturated carbocycles. The molecule has 0 aliphatic heterocycles. The molecule has 108 valence electrons. The van der Waals surface area contributed by atoms with Gasteiger partial charge in [0.25, 0.3) is 5.91 Å². The molecule has 0 bridgehead atoms. The molecule has 0 aromatic heterocycles. The zero-order valence-corrected chi connectivity index (χ0v) is 11.8. The lowest BCUT2D eigenvalue weighted by Crippen LogP contribution is -2.41. The second-order valence-corrected chi connectivity index (χ2v) is 4.07. The molecule has 0 aliphatic rings. The van der Waals surface area contributed by atoms with Crippen LogP contribution in [-0.4, -0.2) is 25.2 Å². The van der Waals surface area contributed by atoms with Gasteiger partial charge in [-0.3, -0.25) is 9.63 Å². The second-order valence-electron chi connectivity index (χ2n) is 4.07. The summed E-state index contributed by atoms with van der Waals surface area (Å²) in [7, 11) is 0. The van der Waals surface area contributed by atoms with E-state index in [1.54, 1.807) is 13.8 Å². The Balaban J connectivity index is 2.47. The van der Waals surface area contributed by atoms with Crippen molar-refractivity contribution in [3.63, 3.8) is 0 Å². The molecule has 0 aliphatic carbocycles. The van der Waals surface area contributed by atoms with Crippen LogP contribution in [0.25, 0.3) is 0 Å². The molecule has 0 unspecified atom stereocenters. The molecule has 20 heavy (non-hydrogen) atoms. The van der Waals surface area contributed by atoms with Gasteiger partial charge in [0.05, 0.1) is 12.6 Å². The summed E-state index contributed by atoms with van der Waals surface area (Å²) in [6.45, 7) is 4.33. The number of hydrogen-bond acceptors (Lipinski definition) is 4. The Bertz CT molecular complexity index is 474. The van der Waals surface area contributed by atoms with Crippen molar-refractivity contribution in [1.29, 1.82) is 0 Å².